The molecule has 2 aromatic heterocycles. The summed E-state index contributed by atoms with van der Waals surface area (Å²) in [6.07, 6.45) is 4.30. The lowest BCUT2D eigenvalue weighted by Gasteiger charge is -2.35. The van der Waals surface area contributed by atoms with E-state index in [1.807, 2.05) is 24.3 Å². The molecule has 1 aromatic carbocycles. The van der Waals surface area contributed by atoms with Crippen molar-refractivity contribution < 1.29 is 9.15 Å². The van der Waals surface area contributed by atoms with E-state index < -0.39 is 0 Å². The Labute approximate surface area is 174 Å². The number of hydrogen-bond donors (Lipinski definition) is 1. The fraction of sp³-hybridized carbons (Fsp3) is 0.500. The summed E-state index contributed by atoms with van der Waals surface area (Å²) in [6, 6.07) is 10.4. The minimum atomic E-state index is -0.0441. The molecule has 1 fully saturated rings. The van der Waals surface area contributed by atoms with Crippen molar-refractivity contribution in [2.45, 2.75) is 44.9 Å². The van der Waals surface area contributed by atoms with Gasteiger partial charge in [0.2, 0.25) is 0 Å². The van der Waals surface area contributed by atoms with Crippen molar-refractivity contribution in [2.24, 2.45) is 0 Å². The Kier molecular flexibility index (Phi) is 5.50. The molecule has 1 atom stereocenters. The number of rotatable bonds is 6. The summed E-state index contributed by atoms with van der Waals surface area (Å²) < 4.78 is 12.8. The number of ether oxygens (including phenoxy) is 1. The Bertz CT molecular complexity index is 1040. The molecule has 0 spiro atoms. The van der Waals surface area contributed by atoms with Gasteiger partial charge in [-0.25, -0.2) is 4.68 Å². The standard InChI is InChI=1S/C22H27N5O3/c28-21-13-16-15-29-12-8-18(16)25-27(21)11-10-26-9-4-3-5-17(26)14-23-22-24-19-6-1-2-7-20(19)30-22/h1-2,6-7,13,17H,3-5,8-12,14-15H2,(H,23,24). The van der Waals surface area contributed by atoms with E-state index in [0.717, 1.165) is 54.8 Å². The number of nitrogens with one attached hydrogen (secondary N) is 1. The molecular weight excluding hydrogens is 382 g/mol. The van der Waals surface area contributed by atoms with Gasteiger partial charge in [0.05, 0.1) is 25.5 Å². The van der Waals surface area contributed by atoms with Crippen LogP contribution in [0.25, 0.3) is 11.1 Å². The number of aromatic nitrogens is 3. The normalized spacial score (nSPS) is 19.7. The van der Waals surface area contributed by atoms with E-state index in [1.54, 1.807) is 10.7 Å². The van der Waals surface area contributed by atoms with Gasteiger partial charge in [0.1, 0.15) is 5.52 Å². The van der Waals surface area contributed by atoms with Crippen LogP contribution in [0.1, 0.15) is 30.5 Å². The number of oxazole rings is 1. The highest BCUT2D eigenvalue weighted by Gasteiger charge is 2.23. The second-order valence-corrected chi connectivity index (χ2v) is 8.03. The number of piperidine rings is 1. The van der Waals surface area contributed by atoms with Crippen LogP contribution in [0.2, 0.25) is 0 Å². The molecular formula is C22H27N5O3. The van der Waals surface area contributed by atoms with Crippen LogP contribution in [0.4, 0.5) is 6.01 Å². The van der Waals surface area contributed by atoms with E-state index in [4.69, 9.17) is 9.15 Å². The highest BCUT2D eigenvalue weighted by atomic mass is 16.5. The first-order chi connectivity index (χ1) is 14.8. The number of nitrogens with zero attached hydrogens (tertiary/aromatic N) is 4. The van der Waals surface area contributed by atoms with Crippen LogP contribution in [0.3, 0.4) is 0 Å². The lowest BCUT2D eigenvalue weighted by Crippen LogP contribution is -2.45. The van der Waals surface area contributed by atoms with Crippen LogP contribution in [-0.2, 0) is 24.3 Å². The summed E-state index contributed by atoms with van der Waals surface area (Å²) in [6.45, 7) is 4.39. The van der Waals surface area contributed by atoms with Gasteiger partial charge in [-0.15, -0.1) is 0 Å². The molecule has 0 bridgehead atoms. The zero-order valence-electron chi connectivity index (χ0n) is 17.0. The highest BCUT2D eigenvalue weighted by Crippen LogP contribution is 2.21. The van der Waals surface area contributed by atoms with Crippen molar-refractivity contribution in [3.8, 4) is 0 Å². The summed E-state index contributed by atoms with van der Waals surface area (Å²) in [5, 5.41) is 7.96. The Hall–Kier alpha value is -2.71. The molecule has 1 unspecified atom stereocenters. The molecule has 0 amide bonds. The molecule has 5 rings (SSSR count). The SMILES string of the molecule is O=c1cc2c(nn1CCN1CCCCC1CNc1nc3ccccc3o1)CCOC2. The van der Waals surface area contributed by atoms with E-state index in [0.29, 0.717) is 31.8 Å². The summed E-state index contributed by atoms with van der Waals surface area (Å²) in [5.41, 5.74) is 3.54. The van der Waals surface area contributed by atoms with Crippen molar-refractivity contribution >= 4 is 17.1 Å². The fourth-order valence-electron chi connectivity index (χ4n) is 4.37. The number of benzene rings is 1. The van der Waals surface area contributed by atoms with Gasteiger partial charge in [0.25, 0.3) is 11.6 Å². The average Bonchev–Trinajstić information content (AvgIpc) is 3.20. The fourth-order valence-corrected chi connectivity index (χ4v) is 4.37. The number of para-hydroxylation sites is 2. The molecule has 0 saturated carbocycles. The Morgan fingerprint density at radius 2 is 2.13 bits per heavy atom. The Balaban J connectivity index is 1.22. The molecule has 2 aliphatic heterocycles. The smallest absolute Gasteiger partial charge is 0.295 e. The van der Waals surface area contributed by atoms with Gasteiger partial charge in [0, 0.05) is 37.2 Å². The van der Waals surface area contributed by atoms with Gasteiger partial charge < -0.3 is 14.5 Å². The highest BCUT2D eigenvalue weighted by molar-refractivity contribution is 5.74. The minimum absolute atomic E-state index is 0.0441. The zero-order chi connectivity index (χ0) is 20.3. The third-order valence-corrected chi connectivity index (χ3v) is 6.04. The van der Waals surface area contributed by atoms with E-state index in [-0.39, 0.29) is 5.56 Å². The summed E-state index contributed by atoms with van der Waals surface area (Å²) >= 11 is 0. The van der Waals surface area contributed by atoms with Crippen molar-refractivity contribution in [1.29, 1.82) is 0 Å². The minimum Gasteiger partial charge on any atom is -0.424 e. The van der Waals surface area contributed by atoms with E-state index in [9.17, 15) is 4.79 Å². The van der Waals surface area contributed by atoms with Crippen molar-refractivity contribution in [1.82, 2.24) is 19.7 Å². The van der Waals surface area contributed by atoms with Crippen molar-refractivity contribution in [3.05, 3.63) is 51.9 Å². The van der Waals surface area contributed by atoms with E-state index >= 15 is 0 Å². The first-order valence-electron chi connectivity index (χ1n) is 10.8. The molecule has 1 N–H and O–H groups in total. The lowest BCUT2D eigenvalue weighted by atomic mass is 10.0. The maximum atomic E-state index is 12.4. The monoisotopic (exact) mass is 409 g/mol. The van der Waals surface area contributed by atoms with E-state index in [1.165, 1.54) is 12.8 Å². The number of likely N-dealkylation sites (tertiary alicyclic amines) is 1. The Morgan fingerprint density at radius 1 is 1.20 bits per heavy atom. The van der Waals surface area contributed by atoms with Crippen LogP contribution in [-0.4, -0.2) is 51.9 Å². The predicted molar refractivity (Wildman–Crippen MR) is 114 cm³/mol. The number of anilines is 1. The van der Waals surface area contributed by atoms with Crippen LogP contribution in [0.5, 0.6) is 0 Å². The molecule has 8 nitrogen and oxygen atoms in total. The second-order valence-electron chi connectivity index (χ2n) is 8.03. The summed E-state index contributed by atoms with van der Waals surface area (Å²) in [5.74, 6) is 0. The molecule has 1 saturated heterocycles. The van der Waals surface area contributed by atoms with Gasteiger partial charge in [-0.1, -0.05) is 18.6 Å². The van der Waals surface area contributed by atoms with Gasteiger partial charge in [-0.3, -0.25) is 9.69 Å². The van der Waals surface area contributed by atoms with Crippen LogP contribution in [0.15, 0.2) is 39.5 Å². The largest absolute Gasteiger partial charge is 0.424 e. The molecule has 4 heterocycles. The third kappa shape index (κ3) is 4.11. The lowest BCUT2D eigenvalue weighted by molar-refractivity contribution is 0.107. The Morgan fingerprint density at radius 3 is 3.07 bits per heavy atom. The van der Waals surface area contributed by atoms with Gasteiger partial charge in [0.15, 0.2) is 5.58 Å². The topological polar surface area (TPSA) is 85.4 Å². The third-order valence-electron chi connectivity index (χ3n) is 6.04. The average molecular weight is 409 g/mol. The summed E-state index contributed by atoms with van der Waals surface area (Å²) in [4.78, 5) is 19.4. The molecule has 3 aromatic rings. The van der Waals surface area contributed by atoms with Crippen LogP contribution < -0.4 is 10.9 Å². The van der Waals surface area contributed by atoms with Crippen molar-refractivity contribution in [2.75, 3.05) is 31.6 Å². The zero-order valence-corrected chi connectivity index (χ0v) is 17.0. The molecule has 0 aliphatic carbocycles. The molecule has 158 valence electrons. The van der Waals surface area contributed by atoms with E-state index in [2.05, 4.69) is 20.3 Å². The molecule has 30 heavy (non-hydrogen) atoms. The molecule has 0 radical (unpaired) electrons. The maximum absolute atomic E-state index is 12.4. The number of fused-ring (bicyclic) bond motifs is 2. The second kappa shape index (κ2) is 8.57. The predicted octanol–water partition coefficient (Wildman–Crippen LogP) is 2.42. The van der Waals surface area contributed by atoms with Crippen LogP contribution in [0, 0.1) is 0 Å². The first kappa shape index (κ1) is 19.3. The summed E-state index contributed by atoms with van der Waals surface area (Å²) in [7, 11) is 0. The first-order valence-corrected chi connectivity index (χ1v) is 10.8. The van der Waals surface area contributed by atoms with Crippen LogP contribution >= 0.6 is 0 Å². The quantitative estimate of drug-likeness (QED) is 0.669. The maximum Gasteiger partial charge on any atom is 0.295 e. The van der Waals surface area contributed by atoms with Crippen molar-refractivity contribution in [3.63, 3.8) is 0 Å². The number of hydrogen-bond acceptors (Lipinski definition) is 7. The van der Waals surface area contributed by atoms with Gasteiger partial charge in [-0.05, 0) is 31.5 Å². The van der Waals surface area contributed by atoms with Gasteiger partial charge >= 0.3 is 0 Å². The van der Waals surface area contributed by atoms with Gasteiger partial charge in [-0.2, -0.15) is 10.1 Å². The molecule has 8 heteroatoms. The molecule has 2 aliphatic rings.